The van der Waals surface area contributed by atoms with Gasteiger partial charge in [-0.05, 0) is 77.5 Å². The van der Waals surface area contributed by atoms with Crippen molar-refractivity contribution in [3.8, 4) is 0 Å². The van der Waals surface area contributed by atoms with Crippen LogP contribution in [0.5, 0.6) is 0 Å². The number of esters is 1. The summed E-state index contributed by atoms with van der Waals surface area (Å²) >= 11 is 0. The number of imide groups is 1. The lowest BCUT2D eigenvalue weighted by Gasteiger charge is -2.42. The van der Waals surface area contributed by atoms with Crippen molar-refractivity contribution in [2.75, 3.05) is 39.8 Å². The molecule has 4 aliphatic heterocycles. The van der Waals surface area contributed by atoms with E-state index in [1.807, 2.05) is 33.8 Å². The smallest absolute Gasteiger partial charge is 0.410 e. The summed E-state index contributed by atoms with van der Waals surface area (Å²) < 4.78 is 23.9. The Balaban J connectivity index is 1.42. The zero-order valence-corrected chi connectivity index (χ0v) is 38.4. The van der Waals surface area contributed by atoms with Crippen LogP contribution in [0, 0.1) is 11.8 Å². The monoisotopic (exact) mass is 888 g/mol. The maximum atomic E-state index is 14.0. The molecular weight excluding hydrogens is 815 g/mol. The predicted molar refractivity (Wildman–Crippen MR) is 234 cm³/mol. The van der Waals surface area contributed by atoms with Crippen LogP contribution in [0.15, 0.2) is 48.1 Å². The number of cyclic esters (lactones) is 1. The van der Waals surface area contributed by atoms with Crippen LogP contribution in [0.4, 0.5) is 4.79 Å². The number of aliphatic carboxylic acids is 1. The summed E-state index contributed by atoms with van der Waals surface area (Å²) in [7, 11) is 1.51. The molecule has 0 aromatic carbocycles. The number of rotatable bonds is 20. The summed E-state index contributed by atoms with van der Waals surface area (Å²) in [6.45, 7) is 13.3. The number of carbonyl (C=O) groups is 5. The largest absolute Gasteiger partial charge is 0.481 e. The van der Waals surface area contributed by atoms with E-state index in [1.165, 1.54) is 24.2 Å². The molecule has 16 heteroatoms. The topological polar surface area (TPSA) is 216 Å². The Labute approximate surface area is 372 Å². The first-order valence-electron chi connectivity index (χ1n) is 22.7. The van der Waals surface area contributed by atoms with Crippen LogP contribution in [0.2, 0.25) is 0 Å². The maximum Gasteiger partial charge on any atom is 0.410 e. The van der Waals surface area contributed by atoms with Gasteiger partial charge >= 0.3 is 18.0 Å². The number of aliphatic hydroxyl groups excluding tert-OH is 2. The van der Waals surface area contributed by atoms with Gasteiger partial charge in [-0.25, -0.2) is 4.79 Å². The van der Waals surface area contributed by atoms with E-state index in [0.29, 0.717) is 57.4 Å². The van der Waals surface area contributed by atoms with Gasteiger partial charge in [-0.1, -0.05) is 57.9 Å². The van der Waals surface area contributed by atoms with Crippen molar-refractivity contribution in [2.24, 2.45) is 11.8 Å². The van der Waals surface area contributed by atoms with Gasteiger partial charge in [0.1, 0.15) is 11.7 Å². The second kappa shape index (κ2) is 23.8. The molecule has 4 heterocycles. The molecule has 4 rings (SSSR count). The van der Waals surface area contributed by atoms with Crippen molar-refractivity contribution in [1.29, 1.82) is 0 Å². The second-order valence-electron chi connectivity index (χ2n) is 18.3. The molecule has 63 heavy (non-hydrogen) atoms. The van der Waals surface area contributed by atoms with Gasteiger partial charge in [0.25, 0.3) is 11.8 Å². The average Bonchev–Trinajstić information content (AvgIpc) is 3.92. The fraction of sp³-hybridized carbons (Fsp3) is 0.723. The zero-order chi connectivity index (χ0) is 46.5. The number of hydrogen-bond donors (Lipinski definition) is 4. The van der Waals surface area contributed by atoms with Crippen LogP contribution in [0.1, 0.15) is 112 Å². The fourth-order valence-corrected chi connectivity index (χ4v) is 8.70. The molecule has 2 fully saturated rings. The molecule has 0 radical (unpaired) electrons. The Morgan fingerprint density at radius 3 is 2.41 bits per heavy atom. The predicted octanol–water partition coefficient (Wildman–Crippen LogP) is 4.70. The molecule has 354 valence electrons. The van der Waals surface area contributed by atoms with E-state index in [0.717, 1.165) is 19.3 Å². The molecule has 3 amide bonds. The van der Waals surface area contributed by atoms with Crippen LogP contribution in [-0.4, -0.2) is 159 Å². The van der Waals surface area contributed by atoms with Crippen molar-refractivity contribution in [3.63, 3.8) is 0 Å². The third kappa shape index (κ3) is 15.6. The lowest BCUT2D eigenvalue weighted by Crippen LogP contribution is -2.56. The number of hydrogen-bond acceptors (Lipinski definition) is 13. The quantitative estimate of drug-likeness (QED) is 0.0326. The second-order valence-corrected chi connectivity index (χ2v) is 18.3. The van der Waals surface area contributed by atoms with E-state index >= 15 is 0 Å². The van der Waals surface area contributed by atoms with E-state index in [4.69, 9.17) is 18.9 Å². The molecule has 16 nitrogen and oxygen atoms in total. The van der Waals surface area contributed by atoms with Gasteiger partial charge in [0.15, 0.2) is 6.10 Å². The van der Waals surface area contributed by atoms with E-state index in [-0.39, 0.29) is 68.2 Å². The highest BCUT2D eigenvalue weighted by Crippen LogP contribution is 2.38. The highest BCUT2D eigenvalue weighted by molar-refractivity contribution is 6.12. The Bertz CT molecular complexity index is 1680. The minimum Gasteiger partial charge on any atom is -0.481 e. The lowest BCUT2D eigenvalue weighted by molar-refractivity contribution is -0.151. The molecule has 0 aromatic heterocycles. The first kappa shape index (κ1) is 51.7. The van der Waals surface area contributed by atoms with Crippen LogP contribution in [0.3, 0.4) is 0 Å². The SMILES string of the molecule is CC[C@H](O)[C@@H](C)[C@H]1O[C@@H]1CC(C)(O)/C=C/C=C(\C)[C@H]1OC(=O)C[C@H](O)CC[C@@](C)(OC)[C@@H](OC(=O)N2CCN(CCCCCCN3C(=O)C=CC3=O)C(CCC(=O)O)C2)/C=C/[C@@H]1C. The van der Waals surface area contributed by atoms with Crippen molar-refractivity contribution < 1.29 is 63.3 Å². The molecule has 4 aliphatic rings. The number of carboxylic acids is 1. The van der Waals surface area contributed by atoms with Gasteiger partial charge < -0.3 is 44.3 Å². The third-order valence-corrected chi connectivity index (χ3v) is 13.1. The van der Waals surface area contributed by atoms with E-state index in [9.17, 15) is 44.4 Å². The van der Waals surface area contributed by atoms with Crippen LogP contribution in [0.25, 0.3) is 0 Å². The van der Waals surface area contributed by atoms with Gasteiger partial charge in [0.05, 0.1) is 36.4 Å². The standard InChI is InChI=1S/C47H73N3O13/c1-8-36(52)33(4)44-37(61-44)29-46(5,59)22-13-14-31(2)43-32(3)15-17-38(47(6,60-7)23-21-35(51)28-42(57)63-43)62-45(58)49-27-26-48(34(30-49)16-20-41(55)56)24-11-9-10-12-25-50-39(53)18-19-40(50)54/h13-15,17-19,22,32-38,43-44,51-52,59H,8-12,16,20-21,23-30H2,1-7H3,(H,55,56)/b17-15+,22-13+,31-14+/t32-,33+,34?,35+,36-,37+,38-,43+,44+,46?,47+/m0/s1. The number of amides is 3. The van der Waals surface area contributed by atoms with Crippen molar-refractivity contribution in [3.05, 3.63) is 48.1 Å². The summed E-state index contributed by atoms with van der Waals surface area (Å²) in [5, 5.41) is 41.8. The molecular formula is C47H73N3O13. The number of allylic oxidation sites excluding steroid dienone is 2. The summed E-state index contributed by atoms with van der Waals surface area (Å²) in [5.74, 6) is -2.52. The van der Waals surface area contributed by atoms with Crippen LogP contribution in [-0.2, 0) is 38.1 Å². The minimum absolute atomic E-state index is 0.0401. The summed E-state index contributed by atoms with van der Waals surface area (Å²) in [5.41, 5.74) is -1.60. The van der Waals surface area contributed by atoms with Gasteiger partial charge in [-0.3, -0.25) is 29.0 Å². The normalized spacial score (nSPS) is 31.2. The first-order valence-corrected chi connectivity index (χ1v) is 22.7. The van der Waals surface area contributed by atoms with Gasteiger partial charge in [0.2, 0.25) is 0 Å². The average molecular weight is 888 g/mol. The molecule has 2 saturated heterocycles. The van der Waals surface area contributed by atoms with Crippen LogP contribution < -0.4 is 0 Å². The van der Waals surface area contributed by atoms with Crippen molar-refractivity contribution >= 4 is 29.8 Å². The molecule has 0 saturated carbocycles. The molecule has 11 atom stereocenters. The Hall–Kier alpha value is -3.93. The summed E-state index contributed by atoms with van der Waals surface area (Å²) in [6, 6.07) is -0.213. The van der Waals surface area contributed by atoms with Gasteiger partial charge in [0, 0.05) is 76.2 Å². The maximum absolute atomic E-state index is 14.0. The highest BCUT2D eigenvalue weighted by Gasteiger charge is 2.47. The van der Waals surface area contributed by atoms with Gasteiger partial charge in [-0.15, -0.1) is 0 Å². The number of methoxy groups -OCH3 is 1. The zero-order valence-electron chi connectivity index (χ0n) is 38.4. The Kier molecular flexibility index (Phi) is 19.6. The highest BCUT2D eigenvalue weighted by atomic mass is 16.6. The molecule has 4 N–H and O–H groups in total. The number of ether oxygens (including phenoxy) is 4. The van der Waals surface area contributed by atoms with Crippen LogP contribution >= 0.6 is 0 Å². The molecule has 0 spiro atoms. The molecule has 0 aromatic rings. The van der Waals surface area contributed by atoms with Gasteiger partial charge in [-0.2, -0.15) is 0 Å². The van der Waals surface area contributed by atoms with E-state index in [1.54, 1.807) is 43.1 Å². The Morgan fingerprint density at radius 2 is 1.76 bits per heavy atom. The summed E-state index contributed by atoms with van der Waals surface area (Å²) in [6.07, 6.45) is 11.9. The number of epoxide rings is 1. The first-order chi connectivity index (χ1) is 29.8. The molecule has 0 bridgehead atoms. The molecule has 2 unspecified atom stereocenters. The van der Waals surface area contributed by atoms with Crippen molar-refractivity contribution in [1.82, 2.24) is 14.7 Å². The van der Waals surface area contributed by atoms with Crippen molar-refractivity contribution in [2.45, 2.75) is 166 Å². The van der Waals surface area contributed by atoms with E-state index in [2.05, 4.69) is 4.90 Å². The Morgan fingerprint density at radius 1 is 1.08 bits per heavy atom. The fourth-order valence-electron chi connectivity index (χ4n) is 8.70. The number of nitrogens with zero attached hydrogens (tertiary/aromatic N) is 3. The lowest BCUT2D eigenvalue weighted by atomic mass is 9.88. The summed E-state index contributed by atoms with van der Waals surface area (Å²) in [4.78, 5) is 67.4. The number of aliphatic hydroxyl groups is 3. The number of piperazine rings is 1. The minimum atomic E-state index is -1.20. The number of carboxylic acid groups (broad SMARTS) is 1. The number of carbonyl (C=O) groups excluding carboxylic acids is 4. The molecule has 0 aliphatic carbocycles. The number of unbranched alkanes of at least 4 members (excludes halogenated alkanes) is 3. The van der Waals surface area contributed by atoms with E-state index < -0.39 is 59.6 Å². The third-order valence-electron chi connectivity index (χ3n) is 13.1.